The number of rotatable bonds is 7. The molecule has 0 aliphatic carbocycles. The van der Waals surface area contributed by atoms with Gasteiger partial charge in [-0.15, -0.1) is 0 Å². The summed E-state index contributed by atoms with van der Waals surface area (Å²) < 4.78 is 10.3. The van der Waals surface area contributed by atoms with E-state index in [9.17, 15) is 14.4 Å². The van der Waals surface area contributed by atoms with Gasteiger partial charge in [0, 0.05) is 13.1 Å². The summed E-state index contributed by atoms with van der Waals surface area (Å²) in [6.45, 7) is 3.26. The SMILES string of the molecule is COC(=O)c1cc(CN(C)CCCN2C(=O)c3ccccc3C2=O)oc1C. The first-order chi connectivity index (χ1) is 12.9. The van der Waals surface area contributed by atoms with Gasteiger partial charge in [0.05, 0.1) is 24.8 Å². The zero-order valence-electron chi connectivity index (χ0n) is 15.7. The molecule has 2 heterocycles. The van der Waals surface area contributed by atoms with Gasteiger partial charge in [-0.1, -0.05) is 12.1 Å². The van der Waals surface area contributed by atoms with Gasteiger partial charge in [0.25, 0.3) is 11.8 Å². The summed E-state index contributed by atoms with van der Waals surface area (Å²) in [5.74, 6) is 0.299. The lowest BCUT2D eigenvalue weighted by molar-refractivity contribution is 0.0596. The second kappa shape index (κ2) is 7.75. The number of aryl methyl sites for hydroxylation is 1. The molecular formula is C20H22N2O5. The quantitative estimate of drug-likeness (QED) is 0.550. The standard InChI is InChI=1S/C20H22N2O5/c1-13-17(20(25)26-3)11-14(27-13)12-21(2)9-6-10-22-18(23)15-7-4-5-8-16(15)19(22)24/h4-5,7-8,11H,6,9-10,12H2,1-3H3. The highest BCUT2D eigenvalue weighted by atomic mass is 16.5. The molecule has 0 N–H and O–H groups in total. The molecular weight excluding hydrogens is 348 g/mol. The minimum absolute atomic E-state index is 0.234. The lowest BCUT2D eigenvalue weighted by Crippen LogP contribution is -2.32. The topological polar surface area (TPSA) is 80.1 Å². The van der Waals surface area contributed by atoms with Crippen molar-refractivity contribution in [2.24, 2.45) is 0 Å². The summed E-state index contributed by atoms with van der Waals surface area (Å²) in [6.07, 6.45) is 0.644. The van der Waals surface area contributed by atoms with Gasteiger partial charge >= 0.3 is 5.97 Å². The Balaban J connectivity index is 1.52. The van der Waals surface area contributed by atoms with E-state index in [0.717, 1.165) is 0 Å². The molecule has 7 heteroatoms. The van der Waals surface area contributed by atoms with Crippen LogP contribution in [0.25, 0.3) is 0 Å². The monoisotopic (exact) mass is 370 g/mol. The lowest BCUT2D eigenvalue weighted by atomic mass is 10.1. The van der Waals surface area contributed by atoms with Crippen LogP contribution in [0.2, 0.25) is 0 Å². The molecule has 7 nitrogen and oxygen atoms in total. The maximum absolute atomic E-state index is 12.3. The summed E-state index contributed by atoms with van der Waals surface area (Å²) in [4.78, 5) is 39.6. The largest absolute Gasteiger partial charge is 0.465 e. The number of methoxy groups -OCH3 is 1. The zero-order valence-corrected chi connectivity index (χ0v) is 15.7. The van der Waals surface area contributed by atoms with E-state index in [1.165, 1.54) is 12.0 Å². The average Bonchev–Trinajstić information content (AvgIpc) is 3.13. The van der Waals surface area contributed by atoms with Crippen LogP contribution in [0, 0.1) is 6.92 Å². The number of benzene rings is 1. The molecule has 2 aromatic rings. The predicted octanol–water partition coefficient (Wildman–Crippen LogP) is 2.49. The molecule has 142 valence electrons. The number of furan rings is 1. The number of carbonyl (C=O) groups is 3. The van der Waals surface area contributed by atoms with Crippen molar-refractivity contribution in [1.29, 1.82) is 0 Å². The van der Waals surface area contributed by atoms with Crippen LogP contribution in [0.15, 0.2) is 34.7 Å². The van der Waals surface area contributed by atoms with Crippen molar-refractivity contribution < 1.29 is 23.5 Å². The van der Waals surface area contributed by atoms with Crippen LogP contribution in [-0.4, -0.2) is 54.8 Å². The lowest BCUT2D eigenvalue weighted by Gasteiger charge is -2.18. The Bertz CT molecular complexity index is 851. The van der Waals surface area contributed by atoms with Crippen LogP contribution in [0.1, 0.15) is 49.0 Å². The molecule has 1 aliphatic heterocycles. The maximum atomic E-state index is 12.3. The van der Waals surface area contributed by atoms with E-state index < -0.39 is 5.97 Å². The van der Waals surface area contributed by atoms with Crippen molar-refractivity contribution in [2.45, 2.75) is 19.9 Å². The van der Waals surface area contributed by atoms with Crippen LogP contribution in [-0.2, 0) is 11.3 Å². The van der Waals surface area contributed by atoms with E-state index in [4.69, 9.17) is 9.15 Å². The predicted molar refractivity (Wildman–Crippen MR) is 97.5 cm³/mol. The second-order valence-electron chi connectivity index (χ2n) is 6.57. The number of esters is 1. The summed E-state index contributed by atoms with van der Waals surface area (Å²) in [7, 11) is 3.25. The van der Waals surface area contributed by atoms with E-state index in [1.807, 2.05) is 11.9 Å². The number of imide groups is 1. The fraction of sp³-hybridized carbons (Fsp3) is 0.350. The van der Waals surface area contributed by atoms with Gasteiger partial charge in [-0.3, -0.25) is 19.4 Å². The van der Waals surface area contributed by atoms with Crippen LogP contribution in [0.4, 0.5) is 0 Å². The molecule has 0 saturated heterocycles. The van der Waals surface area contributed by atoms with E-state index in [1.54, 1.807) is 37.3 Å². The minimum Gasteiger partial charge on any atom is -0.465 e. The smallest absolute Gasteiger partial charge is 0.341 e. The average molecular weight is 370 g/mol. The van der Waals surface area contributed by atoms with Crippen LogP contribution >= 0.6 is 0 Å². The number of hydrogen-bond acceptors (Lipinski definition) is 6. The molecule has 27 heavy (non-hydrogen) atoms. The van der Waals surface area contributed by atoms with Gasteiger partial charge < -0.3 is 9.15 Å². The molecule has 0 spiro atoms. The Labute approximate surface area is 157 Å². The normalized spacial score (nSPS) is 13.4. The molecule has 0 fully saturated rings. The molecule has 0 unspecified atom stereocenters. The highest BCUT2D eigenvalue weighted by molar-refractivity contribution is 6.21. The molecule has 0 bridgehead atoms. The Morgan fingerprint density at radius 1 is 1.19 bits per heavy atom. The Morgan fingerprint density at radius 2 is 1.81 bits per heavy atom. The maximum Gasteiger partial charge on any atom is 0.341 e. The third-order valence-electron chi connectivity index (χ3n) is 4.60. The summed E-state index contributed by atoms with van der Waals surface area (Å²) in [6, 6.07) is 8.56. The molecule has 2 amide bonds. The molecule has 1 aromatic carbocycles. The van der Waals surface area contributed by atoms with Crippen molar-refractivity contribution in [3.8, 4) is 0 Å². The first-order valence-corrected chi connectivity index (χ1v) is 8.73. The van der Waals surface area contributed by atoms with Crippen molar-refractivity contribution in [1.82, 2.24) is 9.80 Å². The van der Waals surface area contributed by atoms with Gasteiger partial charge in [-0.25, -0.2) is 4.79 Å². The van der Waals surface area contributed by atoms with Crippen molar-refractivity contribution in [3.05, 3.63) is 58.5 Å². The fourth-order valence-electron chi connectivity index (χ4n) is 3.22. The summed E-state index contributed by atoms with van der Waals surface area (Å²) in [5, 5.41) is 0. The van der Waals surface area contributed by atoms with Gasteiger partial charge in [-0.2, -0.15) is 0 Å². The second-order valence-corrected chi connectivity index (χ2v) is 6.57. The number of nitrogens with zero attached hydrogens (tertiary/aromatic N) is 2. The van der Waals surface area contributed by atoms with E-state index in [0.29, 0.717) is 54.3 Å². The molecule has 0 atom stereocenters. The van der Waals surface area contributed by atoms with Gasteiger partial charge in [0.2, 0.25) is 0 Å². The Kier molecular flexibility index (Phi) is 5.41. The van der Waals surface area contributed by atoms with Crippen molar-refractivity contribution >= 4 is 17.8 Å². The Morgan fingerprint density at radius 3 is 2.41 bits per heavy atom. The summed E-state index contributed by atoms with van der Waals surface area (Å²) >= 11 is 0. The number of amides is 2. The third-order valence-corrected chi connectivity index (χ3v) is 4.60. The van der Waals surface area contributed by atoms with Gasteiger partial charge in [0.1, 0.15) is 17.1 Å². The number of carbonyl (C=O) groups excluding carboxylic acids is 3. The first-order valence-electron chi connectivity index (χ1n) is 8.73. The Hall–Kier alpha value is -2.93. The van der Waals surface area contributed by atoms with Crippen molar-refractivity contribution in [3.63, 3.8) is 0 Å². The highest BCUT2D eigenvalue weighted by Gasteiger charge is 2.34. The van der Waals surface area contributed by atoms with Crippen LogP contribution in [0.5, 0.6) is 0 Å². The van der Waals surface area contributed by atoms with Gasteiger partial charge in [-0.05, 0) is 38.6 Å². The molecule has 1 aliphatic rings. The number of ether oxygens (including phenoxy) is 1. The van der Waals surface area contributed by atoms with Crippen LogP contribution in [0.3, 0.4) is 0 Å². The van der Waals surface area contributed by atoms with E-state index >= 15 is 0 Å². The first kappa shape index (κ1) is 18.8. The number of hydrogen-bond donors (Lipinski definition) is 0. The van der Waals surface area contributed by atoms with Crippen LogP contribution < -0.4 is 0 Å². The molecule has 0 saturated carbocycles. The van der Waals surface area contributed by atoms with E-state index in [2.05, 4.69) is 0 Å². The molecule has 0 radical (unpaired) electrons. The third kappa shape index (κ3) is 3.78. The zero-order chi connectivity index (χ0) is 19.6. The molecule has 1 aromatic heterocycles. The highest BCUT2D eigenvalue weighted by Crippen LogP contribution is 2.22. The van der Waals surface area contributed by atoms with Crippen molar-refractivity contribution in [2.75, 3.05) is 27.2 Å². The molecule has 3 rings (SSSR count). The summed E-state index contributed by atoms with van der Waals surface area (Å²) in [5.41, 5.74) is 1.36. The fourth-order valence-corrected chi connectivity index (χ4v) is 3.22. The number of fused-ring (bicyclic) bond motifs is 1. The van der Waals surface area contributed by atoms with E-state index in [-0.39, 0.29) is 11.8 Å². The van der Waals surface area contributed by atoms with Gasteiger partial charge in [0.15, 0.2) is 0 Å². The minimum atomic E-state index is -0.421.